The summed E-state index contributed by atoms with van der Waals surface area (Å²) < 4.78 is 9.70. The molecule has 1 aromatic carbocycles. The lowest BCUT2D eigenvalue weighted by molar-refractivity contribution is -0.146. The molecule has 7 heteroatoms. The predicted octanol–water partition coefficient (Wildman–Crippen LogP) is 2.55. The Morgan fingerprint density at radius 3 is 2.12 bits per heavy atom. The molecule has 144 valence electrons. The summed E-state index contributed by atoms with van der Waals surface area (Å²) in [5.41, 5.74) is 1.69. The first-order valence-electron chi connectivity index (χ1n) is 8.11. The number of ether oxygens (including phenoxy) is 2. The number of hydrogen-bond acceptors (Lipinski definition) is 6. The number of hydrogen-bond donors (Lipinski definition) is 1. The van der Waals surface area contributed by atoms with E-state index in [0.717, 1.165) is 5.69 Å². The zero-order valence-corrected chi connectivity index (χ0v) is 15.8. The van der Waals surface area contributed by atoms with Crippen molar-refractivity contribution < 1.29 is 29.0 Å². The number of carboxylic acids is 1. The lowest BCUT2D eigenvalue weighted by Gasteiger charge is -2.11. The molecule has 0 unspecified atom stereocenters. The molecule has 26 heavy (non-hydrogen) atoms. The van der Waals surface area contributed by atoms with Gasteiger partial charge in [0.05, 0.1) is 12.2 Å². The van der Waals surface area contributed by atoms with Crippen molar-refractivity contribution >= 4 is 23.4 Å². The van der Waals surface area contributed by atoms with Crippen molar-refractivity contribution in [3.05, 3.63) is 42.0 Å². The van der Waals surface area contributed by atoms with Gasteiger partial charge in [-0.2, -0.15) is 0 Å². The monoisotopic (exact) mass is 365 g/mol. The van der Waals surface area contributed by atoms with E-state index in [1.54, 1.807) is 31.2 Å². The van der Waals surface area contributed by atoms with Gasteiger partial charge in [0, 0.05) is 26.4 Å². The van der Waals surface area contributed by atoms with Gasteiger partial charge in [-0.15, -0.1) is 0 Å². The van der Waals surface area contributed by atoms with Crippen LogP contribution in [0, 0.1) is 0 Å². The van der Waals surface area contributed by atoms with Crippen LogP contribution in [0.2, 0.25) is 0 Å². The first-order valence-corrected chi connectivity index (χ1v) is 8.11. The number of carbonyl (C=O) groups excluding carboxylic acids is 2. The third-order valence-corrected chi connectivity index (χ3v) is 3.11. The van der Waals surface area contributed by atoms with Gasteiger partial charge in [-0.1, -0.05) is 6.58 Å². The number of nitrogens with zero attached hydrogens (tertiary/aromatic N) is 1. The van der Waals surface area contributed by atoms with E-state index >= 15 is 0 Å². The van der Waals surface area contributed by atoms with Crippen LogP contribution in [0.4, 0.5) is 5.69 Å². The number of aromatic carboxylic acids is 1. The summed E-state index contributed by atoms with van der Waals surface area (Å²) in [7, 11) is 3.82. The molecule has 0 spiro atoms. The second kappa shape index (κ2) is 12.7. The Labute approximate surface area is 154 Å². The number of allylic oxidation sites excluding steroid dienone is 1. The van der Waals surface area contributed by atoms with Gasteiger partial charge in [0.1, 0.15) is 13.0 Å². The van der Waals surface area contributed by atoms with E-state index in [1.807, 2.05) is 25.9 Å². The quantitative estimate of drug-likeness (QED) is 0.311. The smallest absolute Gasteiger partial charge is 0.335 e. The highest BCUT2D eigenvalue weighted by Crippen LogP contribution is 2.11. The number of anilines is 1. The van der Waals surface area contributed by atoms with Crippen LogP contribution in [-0.4, -0.2) is 56.7 Å². The topological polar surface area (TPSA) is 93.1 Å². The fraction of sp³-hybridized carbons (Fsp3) is 0.421. The number of ketones is 1. The molecule has 0 aliphatic carbocycles. The third-order valence-electron chi connectivity index (χ3n) is 3.11. The molecule has 1 aromatic rings. The Kier molecular flexibility index (Phi) is 11.4. The van der Waals surface area contributed by atoms with E-state index in [4.69, 9.17) is 14.6 Å². The molecular formula is C19H27NO6. The molecule has 0 saturated heterocycles. The van der Waals surface area contributed by atoms with Crippen molar-refractivity contribution in [2.24, 2.45) is 0 Å². The fourth-order valence-electron chi connectivity index (χ4n) is 1.59. The Bertz CT molecular complexity index is 607. The van der Waals surface area contributed by atoms with Crippen molar-refractivity contribution in [1.82, 2.24) is 0 Å². The van der Waals surface area contributed by atoms with Crippen LogP contribution < -0.4 is 4.90 Å². The van der Waals surface area contributed by atoms with Gasteiger partial charge in [0.15, 0.2) is 5.78 Å². The average molecular weight is 365 g/mol. The average Bonchev–Trinajstić information content (AvgIpc) is 2.59. The van der Waals surface area contributed by atoms with E-state index in [0.29, 0.717) is 24.4 Å². The Morgan fingerprint density at radius 2 is 1.69 bits per heavy atom. The van der Waals surface area contributed by atoms with Crippen LogP contribution in [0.3, 0.4) is 0 Å². The lowest BCUT2D eigenvalue weighted by Crippen LogP contribution is -2.14. The van der Waals surface area contributed by atoms with E-state index in [-0.39, 0.29) is 18.8 Å². The standard InChI is InChI=1S/C10H16O4.C9H11NO2/c1-4-13-5-6-14-10(12)7-9(11)8(2)3;1-10(2)8-5-3-7(4-6-8)9(11)12/h2,4-7H2,1,3H3;3-6H,1-2H3,(H,11,12). The summed E-state index contributed by atoms with van der Waals surface area (Å²) in [6.07, 6.45) is -0.235. The van der Waals surface area contributed by atoms with E-state index < -0.39 is 11.9 Å². The zero-order valence-electron chi connectivity index (χ0n) is 15.8. The van der Waals surface area contributed by atoms with Crippen LogP contribution in [0.5, 0.6) is 0 Å². The van der Waals surface area contributed by atoms with Crippen molar-refractivity contribution in [3.63, 3.8) is 0 Å². The minimum atomic E-state index is -0.889. The molecule has 1 rings (SSSR count). The van der Waals surface area contributed by atoms with Crippen molar-refractivity contribution in [2.75, 3.05) is 38.8 Å². The van der Waals surface area contributed by atoms with Crippen LogP contribution in [0.15, 0.2) is 36.4 Å². The molecule has 0 aromatic heterocycles. The second-order valence-corrected chi connectivity index (χ2v) is 5.54. The van der Waals surface area contributed by atoms with Crippen molar-refractivity contribution in [3.8, 4) is 0 Å². The summed E-state index contributed by atoms with van der Waals surface area (Å²) in [5.74, 6) is -1.70. The first kappa shape index (κ1) is 23.3. The molecule has 0 aliphatic rings. The molecule has 0 atom stereocenters. The Hall–Kier alpha value is -2.67. The Morgan fingerprint density at radius 1 is 1.12 bits per heavy atom. The van der Waals surface area contributed by atoms with Gasteiger partial charge in [0.2, 0.25) is 0 Å². The number of Topliss-reactive ketones (excluding diaryl/α,β-unsaturated/α-hetero) is 1. The molecule has 7 nitrogen and oxygen atoms in total. The maximum atomic E-state index is 11.0. The van der Waals surface area contributed by atoms with E-state index in [1.165, 1.54) is 0 Å². The van der Waals surface area contributed by atoms with Crippen molar-refractivity contribution in [2.45, 2.75) is 20.3 Å². The SMILES string of the molecule is C=C(C)C(=O)CC(=O)OCCOCC.CN(C)c1ccc(C(=O)O)cc1. The number of carboxylic acid groups (broad SMARTS) is 1. The van der Waals surface area contributed by atoms with Crippen LogP contribution in [0.1, 0.15) is 30.6 Å². The molecule has 0 amide bonds. The zero-order chi connectivity index (χ0) is 20.1. The van der Waals surface area contributed by atoms with Gasteiger partial charge in [-0.05, 0) is 43.7 Å². The molecule has 0 saturated carbocycles. The predicted molar refractivity (Wildman–Crippen MR) is 99.6 cm³/mol. The minimum Gasteiger partial charge on any atom is -0.478 e. The second-order valence-electron chi connectivity index (χ2n) is 5.54. The number of rotatable bonds is 9. The largest absolute Gasteiger partial charge is 0.478 e. The van der Waals surface area contributed by atoms with Gasteiger partial charge in [0.25, 0.3) is 0 Å². The normalized spacial score (nSPS) is 9.54. The summed E-state index contributed by atoms with van der Waals surface area (Å²) in [6, 6.07) is 6.75. The van der Waals surface area contributed by atoms with Gasteiger partial charge in [-0.25, -0.2) is 4.79 Å². The first-order chi connectivity index (χ1) is 12.2. The summed E-state index contributed by atoms with van der Waals surface area (Å²) in [5, 5.41) is 8.60. The number of esters is 1. The maximum Gasteiger partial charge on any atom is 0.335 e. The lowest BCUT2D eigenvalue weighted by atomic mass is 10.2. The number of carbonyl (C=O) groups is 3. The maximum absolute atomic E-state index is 11.0. The van der Waals surface area contributed by atoms with E-state index in [9.17, 15) is 14.4 Å². The van der Waals surface area contributed by atoms with Crippen LogP contribution in [0.25, 0.3) is 0 Å². The van der Waals surface area contributed by atoms with Crippen molar-refractivity contribution in [1.29, 1.82) is 0 Å². The van der Waals surface area contributed by atoms with Gasteiger partial charge in [-0.3, -0.25) is 9.59 Å². The molecule has 1 N–H and O–H groups in total. The van der Waals surface area contributed by atoms with Crippen LogP contribution >= 0.6 is 0 Å². The van der Waals surface area contributed by atoms with Gasteiger partial charge >= 0.3 is 11.9 Å². The third kappa shape index (κ3) is 10.2. The summed E-state index contributed by atoms with van der Waals surface area (Å²) >= 11 is 0. The molecule has 0 bridgehead atoms. The van der Waals surface area contributed by atoms with Crippen LogP contribution in [-0.2, 0) is 19.1 Å². The fourth-order valence-corrected chi connectivity index (χ4v) is 1.59. The minimum absolute atomic E-state index is 0.191. The van der Waals surface area contributed by atoms with E-state index in [2.05, 4.69) is 6.58 Å². The Balaban J connectivity index is 0.000000485. The highest BCUT2D eigenvalue weighted by Gasteiger charge is 2.10. The highest BCUT2D eigenvalue weighted by atomic mass is 16.6. The highest BCUT2D eigenvalue weighted by molar-refractivity contribution is 6.04. The van der Waals surface area contributed by atoms with Gasteiger partial charge < -0.3 is 19.5 Å². The molecule has 0 fully saturated rings. The summed E-state index contributed by atoms with van der Waals surface area (Å²) in [6.45, 7) is 8.00. The molecule has 0 aliphatic heterocycles. The summed E-state index contributed by atoms with van der Waals surface area (Å²) in [4.78, 5) is 34.4. The molecule has 0 radical (unpaired) electrons. The number of benzene rings is 1. The molecular weight excluding hydrogens is 338 g/mol. The molecule has 0 heterocycles.